The Morgan fingerprint density at radius 3 is 2.76 bits per heavy atom. The van der Waals surface area contributed by atoms with Gasteiger partial charge in [0.1, 0.15) is 5.69 Å². The number of hydrogen-bond acceptors (Lipinski definition) is 5. The molecule has 0 radical (unpaired) electrons. The van der Waals surface area contributed by atoms with Crippen LogP contribution in [0.3, 0.4) is 0 Å². The van der Waals surface area contributed by atoms with Gasteiger partial charge in [-0.3, -0.25) is 4.79 Å². The molecule has 5 nitrogen and oxygen atoms in total. The summed E-state index contributed by atoms with van der Waals surface area (Å²) >= 11 is 9.28. The molecule has 0 spiro atoms. The normalized spacial score (nSPS) is 15.2. The zero-order valence-corrected chi connectivity index (χ0v) is 18.7. The van der Waals surface area contributed by atoms with Crippen LogP contribution in [0.1, 0.15) is 36.2 Å². The second kappa shape index (κ2) is 7.63. The zero-order valence-electron chi connectivity index (χ0n) is 16.3. The van der Waals surface area contributed by atoms with Crippen molar-refractivity contribution in [3.05, 3.63) is 52.7 Å². The summed E-state index contributed by atoms with van der Waals surface area (Å²) in [6, 6.07) is 8.47. The Morgan fingerprint density at radius 1 is 1.28 bits per heavy atom. The first-order valence-corrected chi connectivity index (χ1v) is 11.6. The van der Waals surface area contributed by atoms with Crippen molar-refractivity contribution in [1.29, 1.82) is 0 Å². The largest absolute Gasteiger partial charge is 0.346 e. The molecule has 1 N–H and O–H groups in total. The van der Waals surface area contributed by atoms with E-state index >= 15 is 0 Å². The average molecular weight is 446 g/mol. The summed E-state index contributed by atoms with van der Waals surface area (Å²) in [5.74, 6) is 0.194. The molecular weight excluding hydrogens is 426 g/mol. The molecule has 1 aliphatic carbocycles. The number of carbonyl (C=O) groups is 2. The van der Waals surface area contributed by atoms with Crippen molar-refractivity contribution >= 4 is 52.2 Å². The number of thiophene rings is 1. The minimum absolute atomic E-state index is 0.0837. The van der Waals surface area contributed by atoms with Crippen molar-refractivity contribution in [1.82, 2.24) is 9.78 Å². The molecule has 1 aliphatic rings. The highest BCUT2D eigenvalue weighted by Gasteiger charge is 2.36. The Hall–Kier alpha value is -2.09. The molecular formula is C21H20ClN3O2S2. The first-order chi connectivity index (χ1) is 13.8. The summed E-state index contributed by atoms with van der Waals surface area (Å²) in [7, 11) is 0. The first kappa shape index (κ1) is 20.2. The van der Waals surface area contributed by atoms with Gasteiger partial charge in [0, 0.05) is 18.2 Å². The van der Waals surface area contributed by atoms with E-state index in [0.29, 0.717) is 22.8 Å². The molecule has 0 saturated heterocycles. The second-order valence-corrected chi connectivity index (χ2v) is 10.3. The number of thioether (sulfide) groups is 1. The third-order valence-electron chi connectivity index (χ3n) is 4.88. The number of aromatic nitrogens is 2. The SMILES string of the molecule is CSc1sc(-c2ccn(C(=O)Nc3ccccc3Cl)n2)c2c1C(=O)CC(C)(C)C2. The molecule has 150 valence electrons. The Morgan fingerprint density at radius 2 is 2.03 bits per heavy atom. The minimum atomic E-state index is -0.392. The molecule has 0 aliphatic heterocycles. The van der Waals surface area contributed by atoms with Crippen molar-refractivity contribution in [3.63, 3.8) is 0 Å². The zero-order chi connectivity index (χ0) is 20.8. The van der Waals surface area contributed by atoms with Gasteiger partial charge in [0.2, 0.25) is 0 Å². The molecule has 4 rings (SSSR count). The van der Waals surface area contributed by atoms with Gasteiger partial charge < -0.3 is 5.32 Å². The van der Waals surface area contributed by atoms with Gasteiger partial charge in [-0.2, -0.15) is 9.78 Å². The predicted octanol–water partition coefficient (Wildman–Crippen LogP) is 6.22. The van der Waals surface area contributed by atoms with Crippen LogP contribution in [0.2, 0.25) is 5.02 Å². The maximum absolute atomic E-state index is 12.8. The highest BCUT2D eigenvalue weighted by Crippen LogP contribution is 2.47. The molecule has 0 unspecified atom stereocenters. The lowest BCUT2D eigenvalue weighted by molar-refractivity contribution is 0.0910. The van der Waals surface area contributed by atoms with E-state index in [-0.39, 0.29) is 11.2 Å². The van der Waals surface area contributed by atoms with Gasteiger partial charge in [0.05, 0.1) is 19.8 Å². The third-order valence-corrected chi connectivity index (χ3v) is 7.58. The van der Waals surface area contributed by atoms with Crippen LogP contribution in [0.15, 0.2) is 40.7 Å². The Labute approximate surface area is 182 Å². The van der Waals surface area contributed by atoms with Crippen LogP contribution in [0.25, 0.3) is 10.6 Å². The summed E-state index contributed by atoms with van der Waals surface area (Å²) in [4.78, 5) is 26.3. The Balaban J connectivity index is 1.68. The van der Waals surface area contributed by atoms with Crippen LogP contribution in [-0.2, 0) is 6.42 Å². The van der Waals surface area contributed by atoms with E-state index < -0.39 is 6.03 Å². The van der Waals surface area contributed by atoms with Crippen LogP contribution < -0.4 is 5.32 Å². The van der Waals surface area contributed by atoms with Gasteiger partial charge in [-0.15, -0.1) is 23.1 Å². The Kier molecular flexibility index (Phi) is 5.31. The number of para-hydroxylation sites is 1. The number of Topliss-reactive ketones (excluding diaryl/α,β-unsaturated/α-hetero) is 1. The molecule has 0 fully saturated rings. The lowest BCUT2D eigenvalue weighted by Gasteiger charge is -2.29. The van der Waals surface area contributed by atoms with Crippen LogP contribution in [0.4, 0.5) is 10.5 Å². The summed E-state index contributed by atoms with van der Waals surface area (Å²) in [5, 5.41) is 7.71. The fraction of sp³-hybridized carbons (Fsp3) is 0.286. The van der Waals surface area contributed by atoms with Crippen molar-refractivity contribution < 1.29 is 9.59 Å². The van der Waals surface area contributed by atoms with E-state index in [2.05, 4.69) is 24.3 Å². The van der Waals surface area contributed by atoms with Crippen LogP contribution >= 0.6 is 34.7 Å². The molecule has 1 aromatic carbocycles. The smallest absolute Gasteiger partial charge is 0.305 e. The number of benzene rings is 1. The topological polar surface area (TPSA) is 64.0 Å². The van der Waals surface area contributed by atoms with E-state index in [0.717, 1.165) is 26.6 Å². The molecule has 0 atom stereocenters. The maximum atomic E-state index is 12.8. The van der Waals surface area contributed by atoms with Crippen LogP contribution in [0.5, 0.6) is 0 Å². The molecule has 2 aromatic heterocycles. The molecule has 2 heterocycles. The van der Waals surface area contributed by atoms with Crippen LogP contribution in [-0.4, -0.2) is 27.9 Å². The number of amides is 1. The third kappa shape index (κ3) is 3.86. The summed E-state index contributed by atoms with van der Waals surface area (Å²) < 4.78 is 2.28. The molecule has 0 bridgehead atoms. The molecule has 8 heteroatoms. The lowest BCUT2D eigenvalue weighted by Crippen LogP contribution is -2.26. The monoisotopic (exact) mass is 445 g/mol. The quantitative estimate of drug-likeness (QED) is 0.486. The highest BCUT2D eigenvalue weighted by atomic mass is 35.5. The van der Waals surface area contributed by atoms with Crippen LogP contribution in [0, 0.1) is 5.41 Å². The maximum Gasteiger partial charge on any atom is 0.346 e. The highest BCUT2D eigenvalue weighted by molar-refractivity contribution is 8.00. The minimum Gasteiger partial charge on any atom is -0.305 e. The van der Waals surface area contributed by atoms with E-state index in [4.69, 9.17) is 11.6 Å². The average Bonchev–Trinajstić information content (AvgIpc) is 3.27. The number of nitrogens with zero attached hydrogens (tertiary/aromatic N) is 2. The number of hydrogen-bond donors (Lipinski definition) is 1. The predicted molar refractivity (Wildman–Crippen MR) is 120 cm³/mol. The fourth-order valence-electron chi connectivity index (χ4n) is 3.60. The second-order valence-electron chi connectivity index (χ2n) is 7.77. The number of rotatable bonds is 3. The van der Waals surface area contributed by atoms with Gasteiger partial charge >= 0.3 is 6.03 Å². The summed E-state index contributed by atoms with van der Waals surface area (Å²) in [5.41, 5.74) is 3.04. The number of anilines is 1. The van der Waals surface area contributed by atoms with Crippen molar-refractivity contribution in [2.24, 2.45) is 5.41 Å². The molecule has 0 saturated carbocycles. The number of fused-ring (bicyclic) bond motifs is 1. The lowest BCUT2D eigenvalue weighted by atomic mass is 9.74. The first-order valence-electron chi connectivity index (χ1n) is 9.14. The molecule has 1 amide bonds. The van der Waals surface area contributed by atoms with Gasteiger partial charge in [-0.1, -0.05) is 37.6 Å². The van der Waals surface area contributed by atoms with Gasteiger partial charge in [0.25, 0.3) is 0 Å². The summed E-state index contributed by atoms with van der Waals surface area (Å²) in [6.45, 7) is 4.23. The number of ketones is 1. The Bertz CT molecular complexity index is 1120. The number of nitrogens with one attached hydrogen (secondary N) is 1. The number of halogens is 1. The van der Waals surface area contributed by atoms with Crippen molar-refractivity contribution in [2.75, 3.05) is 11.6 Å². The van der Waals surface area contributed by atoms with Gasteiger partial charge in [-0.25, -0.2) is 4.79 Å². The van der Waals surface area contributed by atoms with Crippen molar-refractivity contribution in [3.8, 4) is 10.6 Å². The standard InChI is InChI=1S/C21H20ClN3O2S2/c1-21(2)10-12-17(16(26)11-21)19(28-3)29-18(12)15-8-9-25(24-15)20(27)23-14-7-5-4-6-13(14)22/h4-9H,10-11H2,1-3H3,(H,23,27). The summed E-state index contributed by atoms with van der Waals surface area (Å²) in [6.07, 6.45) is 4.98. The molecule has 3 aromatic rings. The van der Waals surface area contributed by atoms with Gasteiger partial charge in [-0.05, 0) is 41.9 Å². The van der Waals surface area contributed by atoms with E-state index in [1.165, 1.54) is 4.68 Å². The van der Waals surface area contributed by atoms with E-state index in [1.54, 1.807) is 53.6 Å². The van der Waals surface area contributed by atoms with E-state index in [9.17, 15) is 9.59 Å². The van der Waals surface area contributed by atoms with Gasteiger partial charge in [0.15, 0.2) is 5.78 Å². The number of carbonyl (C=O) groups excluding carboxylic acids is 2. The fourth-order valence-corrected chi connectivity index (χ4v) is 5.84. The molecule has 29 heavy (non-hydrogen) atoms. The van der Waals surface area contributed by atoms with Crippen molar-refractivity contribution in [2.45, 2.75) is 30.9 Å². The van der Waals surface area contributed by atoms with E-state index in [1.807, 2.05) is 12.3 Å².